The Morgan fingerprint density at radius 1 is 1.29 bits per heavy atom. The van der Waals surface area contributed by atoms with Crippen LogP contribution in [0.3, 0.4) is 0 Å². The lowest BCUT2D eigenvalue weighted by atomic mass is 10.1. The summed E-state index contributed by atoms with van der Waals surface area (Å²) < 4.78 is 24.7. The van der Waals surface area contributed by atoms with E-state index in [4.69, 9.17) is 5.11 Å². The highest BCUT2D eigenvalue weighted by Crippen LogP contribution is 2.26. The van der Waals surface area contributed by atoms with Crippen LogP contribution < -0.4 is 0 Å². The summed E-state index contributed by atoms with van der Waals surface area (Å²) in [6.07, 6.45) is -1.44. The van der Waals surface area contributed by atoms with Crippen LogP contribution in [0.15, 0.2) is 30.3 Å². The molecule has 1 N–H and O–H groups in total. The van der Waals surface area contributed by atoms with Gasteiger partial charge in [-0.2, -0.15) is 8.78 Å². The number of halogens is 3. The van der Waals surface area contributed by atoms with Crippen LogP contribution in [-0.2, 0) is 6.42 Å². The quantitative estimate of drug-likeness (QED) is 0.774. The maximum Gasteiger partial charge on any atom is 0.347 e. The molecule has 1 rings (SSSR count). The molecule has 14 heavy (non-hydrogen) atoms. The van der Waals surface area contributed by atoms with Crippen molar-refractivity contribution >= 4 is 11.6 Å². The third-order valence-electron chi connectivity index (χ3n) is 1.93. The van der Waals surface area contributed by atoms with Gasteiger partial charge >= 0.3 is 5.38 Å². The molecule has 0 bridgehead atoms. The second-order valence-corrected chi connectivity index (χ2v) is 3.59. The lowest BCUT2D eigenvalue weighted by molar-refractivity contribution is -0.0440. The second kappa shape index (κ2) is 4.71. The zero-order chi connectivity index (χ0) is 10.6. The number of aliphatic hydroxyl groups is 1. The predicted molar refractivity (Wildman–Crippen MR) is 51.6 cm³/mol. The van der Waals surface area contributed by atoms with Crippen molar-refractivity contribution in [2.45, 2.75) is 24.3 Å². The molecule has 0 spiro atoms. The monoisotopic (exact) mass is 220 g/mol. The van der Waals surface area contributed by atoms with Crippen LogP contribution in [0.5, 0.6) is 0 Å². The maximum absolute atomic E-state index is 12.3. The first-order valence-corrected chi connectivity index (χ1v) is 4.66. The summed E-state index contributed by atoms with van der Waals surface area (Å²) in [7, 11) is 0. The van der Waals surface area contributed by atoms with E-state index in [-0.39, 0.29) is 6.42 Å². The molecular formula is C10H11ClF2O. The van der Waals surface area contributed by atoms with Crippen LogP contribution in [0, 0.1) is 0 Å². The van der Waals surface area contributed by atoms with Gasteiger partial charge in [0, 0.05) is 0 Å². The molecule has 1 nitrogen and oxygen atoms in total. The molecule has 1 aromatic rings. The molecule has 0 unspecified atom stereocenters. The summed E-state index contributed by atoms with van der Waals surface area (Å²) in [6, 6.07) is 9.12. The first-order valence-electron chi connectivity index (χ1n) is 4.29. The molecule has 1 atom stereocenters. The van der Waals surface area contributed by atoms with Crippen molar-refractivity contribution in [1.82, 2.24) is 0 Å². The van der Waals surface area contributed by atoms with Gasteiger partial charge < -0.3 is 5.11 Å². The third-order valence-corrected chi connectivity index (χ3v) is 2.18. The molecule has 0 aromatic heterocycles. The fourth-order valence-electron chi connectivity index (χ4n) is 1.11. The van der Waals surface area contributed by atoms with E-state index >= 15 is 0 Å². The van der Waals surface area contributed by atoms with E-state index in [9.17, 15) is 8.78 Å². The molecule has 0 amide bonds. The minimum atomic E-state index is -3.53. The Kier molecular flexibility index (Phi) is 3.84. The van der Waals surface area contributed by atoms with Crippen molar-refractivity contribution in [2.75, 3.05) is 0 Å². The number of aryl methyl sites for hydroxylation is 1. The molecule has 1 aromatic carbocycles. The maximum atomic E-state index is 12.3. The topological polar surface area (TPSA) is 20.2 Å². The molecule has 0 aliphatic heterocycles. The van der Waals surface area contributed by atoms with Gasteiger partial charge in [0.05, 0.1) is 0 Å². The average Bonchev–Trinajstić information content (AvgIpc) is 2.14. The molecule has 0 aliphatic carbocycles. The van der Waals surface area contributed by atoms with Crippen LogP contribution in [0.4, 0.5) is 8.78 Å². The largest absolute Gasteiger partial charge is 0.385 e. The third kappa shape index (κ3) is 3.60. The Morgan fingerprint density at radius 3 is 2.36 bits per heavy atom. The molecule has 0 fully saturated rings. The summed E-state index contributed by atoms with van der Waals surface area (Å²) in [4.78, 5) is 0. The summed E-state index contributed by atoms with van der Waals surface area (Å²) in [5, 5.41) is 5.43. The van der Waals surface area contributed by atoms with Gasteiger partial charge in [-0.1, -0.05) is 30.3 Å². The minimum absolute atomic E-state index is 0.0412. The van der Waals surface area contributed by atoms with E-state index in [2.05, 4.69) is 11.6 Å². The first kappa shape index (κ1) is 11.4. The lowest BCUT2D eigenvalue weighted by Crippen LogP contribution is -2.27. The summed E-state index contributed by atoms with van der Waals surface area (Å²) in [5.74, 6) is 0. The van der Waals surface area contributed by atoms with Gasteiger partial charge in [0.25, 0.3) is 0 Å². The molecule has 0 heterocycles. The van der Waals surface area contributed by atoms with Crippen LogP contribution in [-0.4, -0.2) is 16.6 Å². The van der Waals surface area contributed by atoms with Gasteiger partial charge in [-0.05, 0) is 30.0 Å². The first-order chi connectivity index (χ1) is 6.50. The van der Waals surface area contributed by atoms with Gasteiger partial charge in [0.2, 0.25) is 0 Å². The van der Waals surface area contributed by atoms with E-state index in [1.54, 1.807) is 0 Å². The van der Waals surface area contributed by atoms with Crippen molar-refractivity contribution in [3.63, 3.8) is 0 Å². The number of alkyl halides is 3. The van der Waals surface area contributed by atoms with Crippen LogP contribution in [0.2, 0.25) is 0 Å². The normalized spacial score (nSPS) is 14.0. The fourth-order valence-corrected chi connectivity index (χ4v) is 1.22. The van der Waals surface area contributed by atoms with Crippen molar-refractivity contribution in [3.05, 3.63) is 35.9 Å². The van der Waals surface area contributed by atoms with Crippen molar-refractivity contribution in [2.24, 2.45) is 0 Å². The second-order valence-electron chi connectivity index (χ2n) is 3.08. The number of rotatable bonds is 4. The van der Waals surface area contributed by atoms with E-state index in [1.165, 1.54) is 0 Å². The summed E-state index contributed by atoms with van der Waals surface area (Å²) >= 11 is 4.67. The van der Waals surface area contributed by atoms with Gasteiger partial charge in [-0.15, -0.1) is 0 Å². The van der Waals surface area contributed by atoms with Gasteiger partial charge in [0.1, 0.15) is 6.10 Å². The minimum Gasteiger partial charge on any atom is -0.385 e. The summed E-state index contributed by atoms with van der Waals surface area (Å²) in [5.41, 5.74) is 0.910. The smallest absolute Gasteiger partial charge is 0.347 e. The number of hydrogen-bond donors (Lipinski definition) is 1. The molecule has 0 saturated heterocycles. The zero-order valence-electron chi connectivity index (χ0n) is 7.46. The van der Waals surface area contributed by atoms with E-state index in [1.807, 2.05) is 30.3 Å². The Bertz CT molecular complexity index is 271. The predicted octanol–water partition coefficient (Wildman–Crippen LogP) is 2.81. The fraction of sp³-hybridized carbons (Fsp3) is 0.400. The van der Waals surface area contributed by atoms with Crippen LogP contribution in [0.1, 0.15) is 12.0 Å². The van der Waals surface area contributed by atoms with Gasteiger partial charge in [-0.3, -0.25) is 0 Å². The molecule has 0 radical (unpaired) electrons. The molecule has 0 aliphatic rings. The molecule has 4 heteroatoms. The van der Waals surface area contributed by atoms with Gasteiger partial charge in [-0.25, -0.2) is 0 Å². The molecule has 78 valence electrons. The van der Waals surface area contributed by atoms with E-state index in [0.29, 0.717) is 6.42 Å². The average molecular weight is 221 g/mol. The number of aliphatic hydroxyl groups excluding tert-OH is 1. The zero-order valence-corrected chi connectivity index (χ0v) is 8.22. The molecule has 0 saturated carbocycles. The standard InChI is InChI=1S/C10H11ClF2O/c11-10(12,13)9(14)7-6-8-4-2-1-3-5-8/h1-5,9,14H,6-7H2/t9-/m0/s1. The Balaban J connectivity index is 2.42. The SMILES string of the molecule is O[C@@H](CCc1ccccc1)C(F)(F)Cl. The highest BCUT2D eigenvalue weighted by Gasteiger charge is 2.34. The van der Waals surface area contributed by atoms with E-state index in [0.717, 1.165) is 5.56 Å². The Labute approximate surface area is 86.3 Å². The van der Waals surface area contributed by atoms with Crippen molar-refractivity contribution in [3.8, 4) is 0 Å². The number of benzene rings is 1. The van der Waals surface area contributed by atoms with Crippen LogP contribution in [0.25, 0.3) is 0 Å². The Hall–Kier alpha value is -0.670. The molecular weight excluding hydrogens is 210 g/mol. The highest BCUT2D eigenvalue weighted by atomic mass is 35.5. The number of hydrogen-bond acceptors (Lipinski definition) is 1. The lowest BCUT2D eigenvalue weighted by Gasteiger charge is -2.15. The van der Waals surface area contributed by atoms with Crippen molar-refractivity contribution < 1.29 is 13.9 Å². The highest BCUT2D eigenvalue weighted by molar-refractivity contribution is 6.22. The Morgan fingerprint density at radius 2 is 1.86 bits per heavy atom. The summed E-state index contributed by atoms with van der Waals surface area (Å²) in [6.45, 7) is 0. The van der Waals surface area contributed by atoms with Crippen LogP contribution >= 0.6 is 11.6 Å². The van der Waals surface area contributed by atoms with Crippen molar-refractivity contribution in [1.29, 1.82) is 0 Å². The van der Waals surface area contributed by atoms with Gasteiger partial charge in [0.15, 0.2) is 0 Å². The van der Waals surface area contributed by atoms with E-state index < -0.39 is 11.5 Å².